The highest BCUT2D eigenvalue weighted by atomic mass is 15.0. The Bertz CT molecular complexity index is 366. The van der Waals surface area contributed by atoms with E-state index < -0.39 is 0 Å². The normalized spacial score (nSPS) is 10.1. The molecule has 0 fully saturated rings. The number of nitrogens with one attached hydrogen (secondary N) is 1. The molecule has 2 aromatic heterocycles. The van der Waals surface area contributed by atoms with Crippen LogP contribution in [0.3, 0.4) is 0 Å². The van der Waals surface area contributed by atoms with Gasteiger partial charge in [0.05, 0.1) is 7.05 Å². The molecule has 0 unspecified atom stereocenters. The SMILES string of the molecule is C[n+]1c[nH]cc1-c1ncccn1. The fraction of sp³-hybridized carbons (Fsp3) is 0.125. The standard InChI is InChI=1S/C8H8N4/c1-12-6-9-5-7(12)8-10-3-2-4-11-8/h2-6H,1H3/p+1. The third-order valence-corrected chi connectivity index (χ3v) is 1.66. The summed E-state index contributed by atoms with van der Waals surface area (Å²) in [4.78, 5) is 11.2. The van der Waals surface area contributed by atoms with Gasteiger partial charge >= 0.3 is 0 Å². The Hall–Kier alpha value is -1.71. The summed E-state index contributed by atoms with van der Waals surface area (Å²) in [7, 11) is 1.95. The molecule has 60 valence electrons. The van der Waals surface area contributed by atoms with Crippen molar-refractivity contribution in [3.05, 3.63) is 31.0 Å². The zero-order chi connectivity index (χ0) is 8.39. The van der Waals surface area contributed by atoms with Crippen molar-refractivity contribution in [3.63, 3.8) is 0 Å². The average Bonchev–Trinajstić information content (AvgIpc) is 2.53. The van der Waals surface area contributed by atoms with Gasteiger partial charge in [-0.1, -0.05) is 0 Å². The second-order valence-electron chi connectivity index (χ2n) is 2.51. The monoisotopic (exact) mass is 161 g/mol. The molecule has 12 heavy (non-hydrogen) atoms. The minimum atomic E-state index is 0.737. The number of rotatable bonds is 1. The minimum Gasteiger partial charge on any atom is -0.249 e. The molecular formula is C8H9N4+. The van der Waals surface area contributed by atoms with E-state index in [1.165, 1.54) is 0 Å². The zero-order valence-corrected chi connectivity index (χ0v) is 6.73. The molecule has 2 heterocycles. The highest BCUT2D eigenvalue weighted by Crippen LogP contribution is 2.04. The number of nitrogens with zero attached hydrogens (tertiary/aromatic N) is 3. The second kappa shape index (κ2) is 2.73. The summed E-state index contributed by atoms with van der Waals surface area (Å²) in [6.45, 7) is 0. The number of hydrogen-bond acceptors (Lipinski definition) is 2. The Balaban J connectivity index is 2.51. The van der Waals surface area contributed by atoms with Crippen LogP contribution in [0.1, 0.15) is 0 Å². The van der Waals surface area contributed by atoms with Gasteiger partial charge in [-0.05, 0) is 6.07 Å². The van der Waals surface area contributed by atoms with Crippen molar-refractivity contribution in [1.82, 2.24) is 15.0 Å². The summed E-state index contributed by atoms with van der Waals surface area (Å²) in [6.07, 6.45) is 7.19. The number of aryl methyl sites for hydroxylation is 1. The van der Waals surface area contributed by atoms with Crippen LogP contribution in [-0.2, 0) is 7.05 Å². The number of aromatic nitrogens is 4. The second-order valence-corrected chi connectivity index (χ2v) is 2.51. The van der Waals surface area contributed by atoms with Gasteiger partial charge in [0, 0.05) is 12.4 Å². The van der Waals surface area contributed by atoms with E-state index >= 15 is 0 Å². The predicted molar refractivity (Wildman–Crippen MR) is 43.0 cm³/mol. The summed E-state index contributed by atoms with van der Waals surface area (Å²) in [6, 6.07) is 1.80. The first-order valence-electron chi connectivity index (χ1n) is 3.68. The molecule has 0 aliphatic heterocycles. The van der Waals surface area contributed by atoms with Gasteiger partial charge in [0.2, 0.25) is 17.8 Å². The Labute approximate surface area is 69.9 Å². The third-order valence-electron chi connectivity index (χ3n) is 1.66. The maximum absolute atomic E-state index is 4.13. The number of hydrogen-bond donors (Lipinski definition) is 1. The summed E-state index contributed by atoms with van der Waals surface area (Å²) in [5, 5.41) is 0. The molecule has 0 saturated carbocycles. The molecular weight excluding hydrogens is 152 g/mol. The van der Waals surface area contributed by atoms with Crippen LogP contribution < -0.4 is 4.57 Å². The lowest BCUT2D eigenvalue weighted by Crippen LogP contribution is -2.27. The van der Waals surface area contributed by atoms with Crippen molar-refractivity contribution in [2.75, 3.05) is 0 Å². The lowest BCUT2D eigenvalue weighted by molar-refractivity contribution is -0.659. The van der Waals surface area contributed by atoms with Crippen molar-refractivity contribution < 1.29 is 4.57 Å². The zero-order valence-electron chi connectivity index (χ0n) is 6.73. The Kier molecular flexibility index (Phi) is 1.59. The van der Waals surface area contributed by atoms with Crippen LogP contribution in [0.4, 0.5) is 0 Å². The molecule has 0 saturated heterocycles. The van der Waals surface area contributed by atoms with Gasteiger partial charge in [0.15, 0.2) is 0 Å². The fourth-order valence-corrected chi connectivity index (χ4v) is 1.05. The number of aromatic amines is 1. The molecule has 4 nitrogen and oxygen atoms in total. The van der Waals surface area contributed by atoms with Gasteiger partial charge in [0.25, 0.3) is 0 Å². The highest BCUT2D eigenvalue weighted by molar-refractivity contribution is 5.41. The largest absolute Gasteiger partial charge is 0.249 e. The molecule has 2 rings (SSSR count). The Morgan fingerprint density at radius 2 is 2.08 bits per heavy atom. The minimum absolute atomic E-state index is 0.737. The van der Waals surface area contributed by atoms with Crippen LogP contribution >= 0.6 is 0 Å². The third kappa shape index (κ3) is 1.07. The van der Waals surface area contributed by atoms with Crippen LogP contribution in [0.5, 0.6) is 0 Å². The van der Waals surface area contributed by atoms with E-state index in [1.807, 2.05) is 24.1 Å². The molecule has 4 heteroatoms. The van der Waals surface area contributed by atoms with E-state index in [2.05, 4.69) is 15.0 Å². The summed E-state index contributed by atoms with van der Waals surface area (Å²) >= 11 is 0. The topological polar surface area (TPSA) is 45.5 Å². The van der Waals surface area contributed by atoms with Gasteiger partial charge < -0.3 is 0 Å². The predicted octanol–water partition coefficient (Wildman–Crippen LogP) is 0.296. The molecule has 0 bridgehead atoms. The smallest absolute Gasteiger partial charge is 0.241 e. The lowest BCUT2D eigenvalue weighted by Gasteiger charge is -1.92. The highest BCUT2D eigenvalue weighted by Gasteiger charge is 2.09. The molecule has 0 radical (unpaired) electrons. The fourth-order valence-electron chi connectivity index (χ4n) is 1.05. The van der Waals surface area contributed by atoms with E-state index in [4.69, 9.17) is 0 Å². The van der Waals surface area contributed by atoms with E-state index in [0.29, 0.717) is 0 Å². The molecule has 0 atom stereocenters. The van der Waals surface area contributed by atoms with Gasteiger partial charge in [0.1, 0.15) is 6.20 Å². The number of H-pyrrole nitrogens is 1. The van der Waals surface area contributed by atoms with E-state index in [0.717, 1.165) is 11.5 Å². The summed E-state index contributed by atoms with van der Waals surface area (Å²) in [5.41, 5.74) is 0.982. The molecule has 0 aromatic carbocycles. The van der Waals surface area contributed by atoms with Crippen LogP contribution in [0.2, 0.25) is 0 Å². The molecule has 0 spiro atoms. The average molecular weight is 161 g/mol. The maximum atomic E-state index is 4.13. The van der Waals surface area contributed by atoms with Crippen LogP contribution in [-0.4, -0.2) is 15.0 Å². The molecule has 0 amide bonds. The molecule has 2 aromatic rings. The van der Waals surface area contributed by atoms with E-state index in [-0.39, 0.29) is 0 Å². The van der Waals surface area contributed by atoms with Crippen LogP contribution in [0.25, 0.3) is 11.5 Å². The maximum Gasteiger partial charge on any atom is 0.241 e. The molecule has 1 N–H and O–H groups in total. The van der Waals surface area contributed by atoms with Crippen LogP contribution in [0.15, 0.2) is 31.0 Å². The van der Waals surface area contributed by atoms with Crippen molar-refractivity contribution in [2.45, 2.75) is 0 Å². The van der Waals surface area contributed by atoms with Crippen molar-refractivity contribution in [1.29, 1.82) is 0 Å². The first-order valence-corrected chi connectivity index (χ1v) is 3.68. The van der Waals surface area contributed by atoms with E-state index in [1.54, 1.807) is 18.5 Å². The van der Waals surface area contributed by atoms with Gasteiger partial charge in [-0.2, -0.15) is 0 Å². The van der Waals surface area contributed by atoms with Gasteiger partial charge in [-0.25, -0.2) is 19.5 Å². The summed E-state index contributed by atoms with van der Waals surface area (Å²) in [5.74, 6) is 0.737. The molecule has 0 aliphatic rings. The van der Waals surface area contributed by atoms with Gasteiger partial charge in [-0.15, -0.1) is 0 Å². The van der Waals surface area contributed by atoms with E-state index in [9.17, 15) is 0 Å². The van der Waals surface area contributed by atoms with Crippen molar-refractivity contribution in [2.24, 2.45) is 7.05 Å². The van der Waals surface area contributed by atoms with Gasteiger partial charge in [-0.3, -0.25) is 0 Å². The Morgan fingerprint density at radius 1 is 1.33 bits per heavy atom. The molecule has 0 aliphatic carbocycles. The first kappa shape index (κ1) is 6.97. The van der Waals surface area contributed by atoms with Crippen molar-refractivity contribution in [3.8, 4) is 11.5 Å². The number of imidazole rings is 1. The quantitative estimate of drug-likeness (QED) is 0.611. The summed E-state index contributed by atoms with van der Waals surface area (Å²) < 4.78 is 1.94. The Morgan fingerprint density at radius 3 is 2.67 bits per heavy atom. The first-order chi connectivity index (χ1) is 5.88. The van der Waals surface area contributed by atoms with Crippen molar-refractivity contribution >= 4 is 0 Å². The van der Waals surface area contributed by atoms with Crippen LogP contribution in [0, 0.1) is 0 Å². The lowest BCUT2D eigenvalue weighted by atomic mass is 10.4.